The van der Waals surface area contributed by atoms with Gasteiger partial charge in [0.25, 0.3) is 11.8 Å². The third kappa shape index (κ3) is 5.04. The molecule has 0 saturated heterocycles. The Morgan fingerprint density at radius 3 is 2.00 bits per heavy atom. The van der Waals surface area contributed by atoms with Crippen LogP contribution in [0.15, 0.2) is 78.9 Å². The van der Waals surface area contributed by atoms with Gasteiger partial charge >= 0.3 is 0 Å². The molecule has 0 radical (unpaired) electrons. The summed E-state index contributed by atoms with van der Waals surface area (Å²) in [4.78, 5) is 24.6. The van der Waals surface area contributed by atoms with Crippen LogP contribution in [0.1, 0.15) is 44.8 Å². The molecule has 5 heteroatoms. The SMILES string of the molecule is CC(NC(=O)c1ccc(C(=O)NCc2ccc(F)cc2)cc1)c1ccccc1. The van der Waals surface area contributed by atoms with E-state index in [1.54, 1.807) is 36.4 Å². The van der Waals surface area contributed by atoms with Crippen LogP contribution in [0.25, 0.3) is 0 Å². The summed E-state index contributed by atoms with van der Waals surface area (Å²) in [6.07, 6.45) is 0. The fourth-order valence-electron chi connectivity index (χ4n) is 2.76. The van der Waals surface area contributed by atoms with Gasteiger partial charge in [-0.15, -0.1) is 0 Å². The number of benzene rings is 3. The Kier molecular flexibility index (Phi) is 6.17. The highest BCUT2D eigenvalue weighted by atomic mass is 19.1. The van der Waals surface area contributed by atoms with Crippen LogP contribution in [0, 0.1) is 5.82 Å². The van der Waals surface area contributed by atoms with E-state index in [0.29, 0.717) is 17.7 Å². The average molecular weight is 376 g/mol. The molecule has 3 aromatic rings. The fourth-order valence-corrected chi connectivity index (χ4v) is 2.76. The van der Waals surface area contributed by atoms with Gasteiger partial charge in [-0.3, -0.25) is 9.59 Å². The van der Waals surface area contributed by atoms with Crippen molar-refractivity contribution in [1.82, 2.24) is 10.6 Å². The summed E-state index contributed by atoms with van der Waals surface area (Å²) in [5, 5.41) is 5.72. The zero-order chi connectivity index (χ0) is 19.9. The van der Waals surface area contributed by atoms with Gasteiger partial charge < -0.3 is 10.6 Å². The second-order valence-electron chi connectivity index (χ2n) is 6.49. The molecule has 0 aromatic heterocycles. The lowest BCUT2D eigenvalue weighted by Crippen LogP contribution is -2.27. The van der Waals surface area contributed by atoms with Crippen LogP contribution in [-0.4, -0.2) is 11.8 Å². The molecule has 0 saturated carbocycles. The third-order valence-electron chi connectivity index (χ3n) is 4.42. The summed E-state index contributed by atoms with van der Waals surface area (Å²) in [7, 11) is 0. The Morgan fingerprint density at radius 2 is 1.39 bits per heavy atom. The summed E-state index contributed by atoms with van der Waals surface area (Å²) in [5.41, 5.74) is 2.76. The second-order valence-corrected chi connectivity index (χ2v) is 6.49. The zero-order valence-corrected chi connectivity index (χ0v) is 15.5. The van der Waals surface area contributed by atoms with E-state index in [1.807, 2.05) is 37.3 Å². The van der Waals surface area contributed by atoms with Gasteiger partial charge in [-0.1, -0.05) is 42.5 Å². The van der Waals surface area contributed by atoms with E-state index in [9.17, 15) is 14.0 Å². The van der Waals surface area contributed by atoms with E-state index in [0.717, 1.165) is 11.1 Å². The predicted octanol–water partition coefficient (Wildman–Crippen LogP) is 4.25. The minimum absolute atomic E-state index is 0.118. The normalized spacial score (nSPS) is 11.5. The quantitative estimate of drug-likeness (QED) is 0.676. The Labute approximate surface area is 163 Å². The van der Waals surface area contributed by atoms with Gasteiger partial charge in [-0.25, -0.2) is 4.39 Å². The Balaban J connectivity index is 1.57. The molecule has 1 unspecified atom stereocenters. The number of hydrogen-bond donors (Lipinski definition) is 2. The number of halogens is 1. The van der Waals surface area contributed by atoms with E-state index < -0.39 is 0 Å². The molecule has 2 N–H and O–H groups in total. The number of nitrogens with one attached hydrogen (secondary N) is 2. The van der Waals surface area contributed by atoms with Crippen LogP contribution in [0.5, 0.6) is 0 Å². The lowest BCUT2D eigenvalue weighted by Gasteiger charge is -2.14. The maximum absolute atomic E-state index is 12.9. The largest absolute Gasteiger partial charge is 0.348 e. The van der Waals surface area contributed by atoms with Gasteiger partial charge in [0.05, 0.1) is 6.04 Å². The van der Waals surface area contributed by atoms with Crippen molar-refractivity contribution in [3.63, 3.8) is 0 Å². The fraction of sp³-hybridized carbons (Fsp3) is 0.130. The van der Waals surface area contributed by atoms with Gasteiger partial charge in [0, 0.05) is 17.7 Å². The van der Waals surface area contributed by atoms with E-state index in [2.05, 4.69) is 10.6 Å². The minimum Gasteiger partial charge on any atom is -0.348 e. The Morgan fingerprint density at radius 1 is 0.821 bits per heavy atom. The van der Waals surface area contributed by atoms with E-state index in [-0.39, 0.29) is 23.7 Å². The number of hydrogen-bond acceptors (Lipinski definition) is 2. The van der Waals surface area contributed by atoms with Crippen LogP contribution in [0.3, 0.4) is 0 Å². The molecule has 0 aliphatic rings. The summed E-state index contributed by atoms with van der Waals surface area (Å²) in [5.74, 6) is -0.769. The highest BCUT2D eigenvalue weighted by molar-refractivity contribution is 5.97. The molecule has 3 rings (SSSR count). The van der Waals surface area contributed by atoms with Crippen molar-refractivity contribution in [2.75, 3.05) is 0 Å². The van der Waals surface area contributed by atoms with Crippen LogP contribution in [-0.2, 0) is 6.54 Å². The topological polar surface area (TPSA) is 58.2 Å². The molecule has 1 atom stereocenters. The molecule has 142 valence electrons. The van der Waals surface area contributed by atoms with Crippen molar-refractivity contribution in [2.24, 2.45) is 0 Å². The Hall–Kier alpha value is -3.47. The van der Waals surface area contributed by atoms with Crippen LogP contribution < -0.4 is 10.6 Å². The molecule has 4 nitrogen and oxygen atoms in total. The number of rotatable bonds is 6. The van der Waals surface area contributed by atoms with Crippen LogP contribution in [0.4, 0.5) is 4.39 Å². The zero-order valence-electron chi connectivity index (χ0n) is 15.5. The second kappa shape index (κ2) is 8.95. The maximum Gasteiger partial charge on any atom is 0.251 e. The van der Waals surface area contributed by atoms with Gasteiger partial charge in [0.1, 0.15) is 5.82 Å². The highest BCUT2D eigenvalue weighted by Crippen LogP contribution is 2.13. The van der Waals surface area contributed by atoms with Gasteiger partial charge in [-0.2, -0.15) is 0 Å². The van der Waals surface area contributed by atoms with Crippen molar-refractivity contribution < 1.29 is 14.0 Å². The lowest BCUT2D eigenvalue weighted by atomic mass is 10.1. The monoisotopic (exact) mass is 376 g/mol. The van der Waals surface area contributed by atoms with Crippen LogP contribution >= 0.6 is 0 Å². The maximum atomic E-state index is 12.9. The number of amides is 2. The first-order chi connectivity index (χ1) is 13.5. The number of carbonyl (C=O) groups excluding carboxylic acids is 2. The first-order valence-electron chi connectivity index (χ1n) is 9.01. The molecule has 2 amide bonds. The average Bonchev–Trinajstić information content (AvgIpc) is 2.73. The summed E-state index contributed by atoms with van der Waals surface area (Å²) in [6.45, 7) is 2.22. The van der Waals surface area contributed by atoms with Gasteiger partial charge in [-0.05, 0) is 54.4 Å². The first-order valence-corrected chi connectivity index (χ1v) is 9.01. The molecule has 0 aliphatic carbocycles. The summed E-state index contributed by atoms with van der Waals surface area (Å²) < 4.78 is 12.9. The smallest absolute Gasteiger partial charge is 0.251 e. The Bertz CT molecular complexity index is 939. The molecule has 3 aromatic carbocycles. The lowest BCUT2D eigenvalue weighted by molar-refractivity contribution is 0.0932. The molecule has 0 heterocycles. The van der Waals surface area contributed by atoms with Gasteiger partial charge in [0.2, 0.25) is 0 Å². The molecule has 28 heavy (non-hydrogen) atoms. The predicted molar refractivity (Wildman–Crippen MR) is 106 cm³/mol. The van der Waals surface area contributed by atoms with E-state index in [4.69, 9.17) is 0 Å². The minimum atomic E-state index is -0.314. The third-order valence-corrected chi connectivity index (χ3v) is 4.42. The van der Waals surface area contributed by atoms with Crippen LogP contribution in [0.2, 0.25) is 0 Å². The first kappa shape index (κ1) is 19.3. The molecule has 0 bridgehead atoms. The number of carbonyl (C=O) groups is 2. The van der Waals surface area contributed by atoms with Crippen molar-refractivity contribution in [2.45, 2.75) is 19.5 Å². The standard InChI is InChI=1S/C23H21FN2O2/c1-16(18-5-3-2-4-6-18)26-23(28)20-11-9-19(10-12-20)22(27)25-15-17-7-13-21(24)14-8-17/h2-14,16H,15H2,1H3,(H,25,27)(H,26,28). The molecular formula is C23H21FN2O2. The molecular weight excluding hydrogens is 355 g/mol. The van der Waals surface area contributed by atoms with E-state index >= 15 is 0 Å². The van der Waals surface area contributed by atoms with Crippen molar-refractivity contribution >= 4 is 11.8 Å². The van der Waals surface area contributed by atoms with E-state index in [1.165, 1.54) is 12.1 Å². The molecule has 0 aliphatic heterocycles. The van der Waals surface area contributed by atoms with Gasteiger partial charge in [0.15, 0.2) is 0 Å². The van der Waals surface area contributed by atoms with Crippen molar-refractivity contribution in [1.29, 1.82) is 0 Å². The molecule has 0 fully saturated rings. The van der Waals surface area contributed by atoms with Crippen molar-refractivity contribution in [3.05, 3.63) is 107 Å². The highest BCUT2D eigenvalue weighted by Gasteiger charge is 2.12. The summed E-state index contributed by atoms with van der Waals surface area (Å²) >= 11 is 0. The summed E-state index contributed by atoms with van der Waals surface area (Å²) in [6, 6.07) is 22.0. The molecule has 0 spiro atoms. The van der Waals surface area contributed by atoms with Crippen molar-refractivity contribution in [3.8, 4) is 0 Å².